The van der Waals surface area contributed by atoms with E-state index >= 15 is 0 Å². The largest absolute Gasteiger partial charge is 0.370 e. The van der Waals surface area contributed by atoms with Crippen LogP contribution in [0.2, 0.25) is 0 Å². The Labute approximate surface area is 129 Å². The first-order chi connectivity index (χ1) is 10.9. The van der Waals surface area contributed by atoms with Gasteiger partial charge in [-0.15, -0.1) is 0 Å². The van der Waals surface area contributed by atoms with E-state index in [1.807, 2.05) is 30.5 Å². The zero-order valence-corrected chi connectivity index (χ0v) is 12.3. The Balaban J connectivity index is 1.48. The van der Waals surface area contributed by atoms with Gasteiger partial charge in [0.2, 0.25) is 5.96 Å². The molecule has 0 aromatic heterocycles. The number of hydrogen-bond acceptors (Lipinski definition) is 7. The van der Waals surface area contributed by atoms with Crippen LogP contribution in [0.25, 0.3) is 0 Å². The van der Waals surface area contributed by atoms with E-state index in [4.69, 9.17) is 0 Å². The minimum Gasteiger partial charge on any atom is -0.370 e. The second-order valence-electron chi connectivity index (χ2n) is 4.92. The summed E-state index contributed by atoms with van der Waals surface area (Å²) in [6.07, 6.45) is 3.62. The van der Waals surface area contributed by atoms with Gasteiger partial charge in [0, 0.05) is 19.3 Å². The van der Waals surface area contributed by atoms with Crippen molar-refractivity contribution in [2.45, 2.75) is 0 Å². The Morgan fingerprint density at radius 1 is 1.00 bits per heavy atom. The lowest BCUT2D eigenvalue weighted by atomic mass is 10.2. The van der Waals surface area contributed by atoms with Crippen molar-refractivity contribution < 1.29 is 0 Å². The second kappa shape index (κ2) is 7.35. The molecule has 2 aliphatic heterocycles. The van der Waals surface area contributed by atoms with Crippen LogP contribution in [0.15, 0.2) is 44.3 Å². The van der Waals surface area contributed by atoms with Crippen LogP contribution in [0.5, 0.6) is 0 Å². The summed E-state index contributed by atoms with van der Waals surface area (Å²) in [6, 6.07) is 8.03. The summed E-state index contributed by atoms with van der Waals surface area (Å²) < 4.78 is 0. The molecule has 0 bridgehead atoms. The summed E-state index contributed by atoms with van der Waals surface area (Å²) in [7, 11) is 0. The molecule has 3 rings (SSSR count). The van der Waals surface area contributed by atoms with E-state index < -0.39 is 0 Å². The highest BCUT2D eigenvalue weighted by atomic mass is 15.4. The van der Waals surface area contributed by atoms with Gasteiger partial charge in [-0.05, 0) is 11.1 Å². The van der Waals surface area contributed by atoms with Crippen molar-refractivity contribution in [2.75, 3.05) is 32.7 Å². The smallest absolute Gasteiger partial charge is 0.212 e. The minimum absolute atomic E-state index is 0.613. The fourth-order valence-corrected chi connectivity index (χ4v) is 2.10. The predicted octanol–water partition coefficient (Wildman–Crippen LogP) is -0.0101. The number of nitrogens with one attached hydrogen (secondary N) is 3. The summed E-state index contributed by atoms with van der Waals surface area (Å²) in [6.45, 7) is 4.06. The standard InChI is InChI=1S/C15H19N7/c1-3-13(10-21-22-15-19-7-8-20-15)4-2-12(1)9-16-11-14-17-5-6-18-14/h1-4,9-10H,5-8,11H2,(H,17,18)(H2,19,20,22)/b16-9?,21-10+. The van der Waals surface area contributed by atoms with Crippen molar-refractivity contribution in [1.29, 1.82) is 0 Å². The molecule has 0 atom stereocenters. The Kier molecular flexibility index (Phi) is 4.76. The molecule has 0 aliphatic carbocycles. The molecule has 7 nitrogen and oxygen atoms in total. The predicted molar refractivity (Wildman–Crippen MR) is 90.2 cm³/mol. The maximum atomic E-state index is 4.38. The van der Waals surface area contributed by atoms with Gasteiger partial charge in [-0.25, -0.2) is 10.4 Å². The van der Waals surface area contributed by atoms with Crippen LogP contribution in [0, 0.1) is 0 Å². The number of amidine groups is 1. The second-order valence-corrected chi connectivity index (χ2v) is 4.92. The van der Waals surface area contributed by atoms with Gasteiger partial charge in [-0.2, -0.15) is 5.10 Å². The van der Waals surface area contributed by atoms with Crippen molar-refractivity contribution in [2.24, 2.45) is 20.1 Å². The maximum Gasteiger partial charge on any atom is 0.212 e. The summed E-state index contributed by atoms with van der Waals surface area (Å²) in [4.78, 5) is 12.9. The quantitative estimate of drug-likeness (QED) is 0.528. The molecule has 0 unspecified atom stereocenters. The van der Waals surface area contributed by atoms with E-state index in [0.717, 1.165) is 49.1 Å². The van der Waals surface area contributed by atoms with E-state index in [2.05, 4.69) is 36.1 Å². The van der Waals surface area contributed by atoms with Crippen molar-refractivity contribution in [3.8, 4) is 0 Å². The van der Waals surface area contributed by atoms with Gasteiger partial charge in [0.05, 0.1) is 25.8 Å². The van der Waals surface area contributed by atoms with Crippen LogP contribution in [-0.2, 0) is 0 Å². The average molecular weight is 297 g/mol. The van der Waals surface area contributed by atoms with E-state index in [1.165, 1.54) is 0 Å². The molecule has 0 saturated heterocycles. The normalized spacial score (nSPS) is 17.5. The van der Waals surface area contributed by atoms with Crippen LogP contribution in [-0.4, -0.2) is 56.9 Å². The highest BCUT2D eigenvalue weighted by molar-refractivity contribution is 5.89. The molecule has 0 saturated carbocycles. The SMILES string of the molecule is C(=NCC1=NCCN1)c1ccc(/C=N/NC2=NCCN2)cc1. The molecule has 0 amide bonds. The third-order valence-corrected chi connectivity index (χ3v) is 3.22. The van der Waals surface area contributed by atoms with Crippen molar-refractivity contribution >= 4 is 24.2 Å². The molecule has 1 aromatic rings. The fraction of sp³-hybridized carbons (Fsp3) is 0.333. The van der Waals surface area contributed by atoms with E-state index in [1.54, 1.807) is 6.21 Å². The monoisotopic (exact) mass is 297 g/mol. The molecule has 3 N–H and O–H groups in total. The molecule has 2 heterocycles. The summed E-state index contributed by atoms with van der Waals surface area (Å²) in [5.74, 6) is 1.69. The number of rotatable bonds is 5. The number of hydrazone groups is 1. The molecule has 0 spiro atoms. The zero-order valence-electron chi connectivity index (χ0n) is 12.3. The van der Waals surface area contributed by atoms with E-state index in [9.17, 15) is 0 Å². The number of benzene rings is 1. The number of nitrogens with zero attached hydrogens (tertiary/aromatic N) is 4. The van der Waals surface area contributed by atoms with Gasteiger partial charge in [-0.1, -0.05) is 24.3 Å². The van der Waals surface area contributed by atoms with Crippen LogP contribution < -0.4 is 16.1 Å². The van der Waals surface area contributed by atoms with Gasteiger partial charge in [0.15, 0.2) is 0 Å². The Morgan fingerprint density at radius 3 is 2.41 bits per heavy atom. The maximum absolute atomic E-state index is 4.38. The Bertz CT molecular complexity index is 558. The summed E-state index contributed by atoms with van der Waals surface area (Å²) >= 11 is 0. The number of guanidine groups is 1. The molecule has 1 aromatic carbocycles. The van der Waals surface area contributed by atoms with E-state index in [0.29, 0.717) is 6.54 Å². The molecule has 114 valence electrons. The molecule has 22 heavy (non-hydrogen) atoms. The summed E-state index contributed by atoms with van der Waals surface area (Å²) in [5, 5.41) is 10.4. The van der Waals surface area contributed by atoms with E-state index in [-0.39, 0.29) is 0 Å². The highest BCUT2D eigenvalue weighted by Gasteiger charge is 2.02. The Hall–Kier alpha value is -2.70. The van der Waals surface area contributed by atoms with Gasteiger partial charge in [-0.3, -0.25) is 9.98 Å². The topological polar surface area (TPSA) is 85.5 Å². The lowest BCUT2D eigenvalue weighted by Gasteiger charge is -1.99. The lowest BCUT2D eigenvalue weighted by molar-refractivity contribution is 0.920. The Morgan fingerprint density at radius 2 is 1.73 bits per heavy atom. The van der Waals surface area contributed by atoms with Gasteiger partial charge in [0.1, 0.15) is 5.84 Å². The molecule has 0 radical (unpaired) electrons. The molecule has 0 fully saturated rings. The van der Waals surface area contributed by atoms with Gasteiger partial charge in [0.25, 0.3) is 0 Å². The third kappa shape index (κ3) is 4.15. The molecular weight excluding hydrogens is 278 g/mol. The van der Waals surface area contributed by atoms with Gasteiger partial charge >= 0.3 is 0 Å². The third-order valence-electron chi connectivity index (χ3n) is 3.22. The average Bonchev–Trinajstić information content (AvgIpc) is 3.22. The highest BCUT2D eigenvalue weighted by Crippen LogP contribution is 2.00. The fourth-order valence-electron chi connectivity index (χ4n) is 2.10. The number of hydrogen-bond donors (Lipinski definition) is 3. The van der Waals surface area contributed by atoms with Crippen LogP contribution in [0.4, 0.5) is 0 Å². The van der Waals surface area contributed by atoms with Crippen LogP contribution >= 0.6 is 0 Å². The molecule has 2 aliphatic rings. The number of aliphatic imine (C=N–C) groups is 3. The van der Waals surface area contributed by atoms with Gasteiger partial charge < -0.3 is 10.6 Å². The molecular formula is C15H19N7. The van der Waals surface area contributed by atoms with Crippen molar-refractivity contribution in [3.05, 3.63) is 35.4 Å². The minimum atomic E-state index is 0.613. The lowest BCUT2D eigenvalue weighted by Crippen LogP contribution is -2.30. The van der Waals surface area contributed by atoms with Crippen molar-refractivity contribution in [1.82, 2.24) is 16.1 Å². The first-order valence-electron chi connectivity index (χ1n) is 7.35. The van der Waals surface area contributed by atoms with Crippen LogP contribution in [0.1, 0.15) is 11.1 Å². The zero-order chi connectivity index (χ0) is 15.0. The molecule has 7 heteroatoms. The van der Waals surface area contributed by atoms with Crippen molar-refractivity contribution in [3.63, 3.8) is 0 Å². The first-order valence-corrected chi connectivity index (χ1v) is 7.35. The summed E-state index contributed by atoms with van der Waals surface area (Å²) in [5.41, 5.74) is 4.95. The first kappa shape index (κ1) is 14.2. The van der Waals surface area contributed by atoms with Crippen LogP contribution in [0.3, 0.4) is 0 Å².